The van der Waals surface area contributed by atoms with Crippen molar-refractivity contribution in [3.05, 3.63) is 0 Å². The van der Waals surface area contributed by atoms with Crippen molar-refractivity contribution in [3.63, 3.8) is 0 Å². The van der Waals surface area contributed by atoms with Crippen LogP contribution in [-0.2, 0) is 14.3 Å². The maximum Gasteiger partial charge on any atom is 0.410 e. The van der Waals surface area contributed by atoms with E-state index in [1.54, 1.807) is 11.8 Å². The van der Waals surface area contributed by atoms with Gasteiger partial charge >= 0.3 is 12.1 Å². The molecule has 1 fully saturated rings. The minimum atomic E-state index is -0.474. The second-order valence-corrected chi connectivity index (χ2v) is 5.97. The predicted molar refractivity (Wildman–Crippen MR) is 71.8 cm³/mol. The number of hydrogen-bond donors (Lipinski definition) is 0. The van der Waals surface area contributed by atoms with E-state index in [1.807, 2.05) is 20.8 Å². The van der Waals surface area contributed by atoms with Gasteiger partial charge in [0.2, 0.25) is 0 Å². The van der Waals surface area contributed by atoms with Crippen LogP contribution >= 0.6 is 0 Å². The maximum absolute atomic E-state index is 11.9. The van der Waals surface area contributed by atoms with Gasteiger partial charge in [0, 0.05) is 25.4 Å². The van der Waals surface area contributed by atoms with Gasteiger partial charge in [-0.3, -0.25) is 4.79 Å². The summed E-state index contributed by atoms with van der Waals surface area (Å²) in [5, 5.41) is 0. The first kappa shape index (κ1) is 15.8. The predicted octanol–water partition coefficient (Wildman–Crippen LogP) is 2.59. The molecule has 0 N–H and O–H groups in total. The van der Waals surface area contributed by atoms with Crippen LogP contribution in [-0.4, -0.2) is 42.3 Å². The van der Waals surface area contributed by atoms with Crippen molar-refractivity contribution >= 4 is 12.1 Å². The third-order valence-electron chi connectivity index (χ3n) is 2.94. The van der Waals surface area contributed by atoms with E-state index in [4.69, 9.17) is 9.47 Å². The monoisotopic (exact) mass is 271 g/mol. The van der Waals surface area contributed by atoms with Gasteiger partial charge in [0.1, 0.15) is 5.60 Å². The van der Waals surface area contributed by atoms with Crippen molar-refractivity contribution in [2.24, 2.45) is 5.92 Å². The molecule has 0 bridgehead atoms. The molecule has 0 saturated carbocycles. The molecule has 1 atom stereocenters. The van der Waals surface area contributed by atoms with E-state index in [0.29, 0.717) is 26.1 Å². The van der Waals surface area contributed by atoms with Gasteiger partial charge in [0.25, 0.3) is 0 Å². The largest absolute Gasteiger partial charge is 0.465 e. The van der Waals surface area contributed by atoms with Crippen LogP contribution in [0.4, 0.5) is 4.79 Å². The minimum absolute atomic E-state index is 0.186. The first-order valence-electron chi connectivity index (χ1n) is 6.95. The topological polar surface area (TPSA) is 55.8 Å². The molecular weight excluding hydrogens is 246 g/mol. The number of piperidine rings is 1. The van der Waals surface area contributed by atoms with Crippen molar-refractivity contribution in [3.8, 4) is 0 Å². The summed E-state index contributed by atoms with van der Waals surface area (Å²) in [5.41, 5.74) is -0.474. The molecule has 1 rings (SSSR count). The Morgan fingerprint density at radius 2 is 2.00 bits per heavy atom. The number of carbonyl (C=O) groups is 2. The summed E-state index contributed by atoms with van der Waals surface area (Å²) in [6, 6.07) is 0. The standard InChI is InChI=1S/C14H25NO4/c1-5-12(16)18-10-11-7-6-8-15(9-11)13(17)19-14(2,3)4/h11H,5-10H2,1-4H3/t11-/m0/s1. The fourth-order valence-electron chi connectivity index (χ4n) is 2.01. The quantitative estimate of drug-likeness (QED) is 0.740. The van der Waals surface area contributed by atoms with Crippen LogP contribution in [0.15, 0.2) is 0 Å². The summed E-state index contributed by atoms with van der Waals surface area (Å²) in [6.45, 7) is 9.06. The van der Waals surface area contributed by atoms with E-state index < -0.39 is 5.60 Å². The van der Waals surface area contributed by atoms with Gasteiger partial charge in [-0.25, -0.2) is 4.79 Å². The SMILES string of the molecule is CCC(=O)OC[C@H]1CCCN(C(=O)OC(C)(C)C)C1. The van der Waals surface area contributed by atoms with E-state index in [0.717, 1.165) is 12.8 Å². The van der Waals surface area contributed by atoms with Crippen molar-refractivity contribution in [2.75, 3.05) is 19.7 Å². The van der Waals surface area contributed by atoms with Gasteiger partial charge in [-0.05, 0) is 33.6 Å². The highest BCUT2D eigenvalue weighted by Crippen LogP contribution is 2.19. The summed E-state index contributed by atoms with van der Waals surface area (Å²) in [4.78, 5) is 24.8. The number of rotatable bonds is 3. The van der Waals surface area contributed by atoms with Crippen LogP contribution < -0.4 is 0 Å². The van der Waals surface area contributed by atoms with Crippen LogP contribution in [0.25, 0.3) is 0 Å². The van der Waals surface area contributed by atoms with Gasteiger partial charge < -0.3 is 14.4 Å². The van der Waals surface area contributed by atoms with E-state index in [-0.39, 0.29) is 18.0 Å². The molecule has 1 heterocycles. The van der Waals surface area contributed by atoms with E-state index in [9.17, 15) is 9.59 Å². The average Bonchev–Trinajstić information content (AvgIpc) is 2.34. The molecule has 5 nitrogen and oxygen atoms in total. The number of hydrogen-bond acceptors (Lipinski definition) is 4. The normalized spacial score (nSPS) is 20.0. The molecule has 0 aliphatic carbocycles. The Labute approximate surface area is 115 Å². The lowest BCUT2D eigenvalue weighted by molar-refractivity contribution is -0.145. The van der Waals surface area contributed by atoms with Crippen LogP contribution in [0, 0.1) is 5.92 Å². The zero-order valence-corrected chi connectivity index (χ0v) is 12.4. The van der Waals surface area contributed by atoms with Crippen LogP contribution in [0.1, 0.15) is 47.0 Å². The Balaban J connectivity index is 2.41. The molecule has 0 aromatic heterocycles. The van der Waals surface area contributed by atoms with Crippen molar-refractivity contribution < 1.29 is 19.1 Å². The summed E-state index contributed by atoms with van der Waals surface area (Å²) < 4.78 is 10.5. The van der Waals surface area contributed by atoms with Crippen molar-refractivity contribution in [1.82, 2.24) is 4.90 Å². The number of carbonyl (C=O) groups excluding carboxylic acids is 2. The molecule has 110 valence electrons. The van der Waals surface area contributed by atoms with Crippen LogP contribution in [0.3, 0.4) is 0 Å². The molecule has 1 amide bonds. The molecule has 1 aliphatic rings. The summed E-state index contributed by atoms with van der Waals surface area (Å²) in [7, 11) is 0. The van der Waals surface area contributed by atoms with E-state index in [1.165, 1.54) is 0 Å². The Morgan fingerprint density at radius 1 is 1.32 bits per heavy atom. The molecule has 0 radical (unpaired) electrons. The number of amides is 1. The molecule has 0 aromatic rings. The molecule has 0 aromatic carbocycles. The van der Waals surface area contributed by atoms with Crippen LogP contribution in [0.5, 0.6) is 0 Å². The highest BCUT2D eigenvalue weighted by molar-refractivity contribution is 5.69. The lowest BCUT2D eigenvalue weighted by atomic mass is 9.99. The van der Waals surface area contributed by atoms with E-state index >= 15 is 0 Å². The molecular formula is C14H25NO4. The zero-order chi connectivity index (χ0) is 14.5. The van der Waals surface area contributed by atoms with Crippen molar-refractivity contribution in [2.45, 2.75) is 52.6 Å². The average molecular weight is 271 g/mol. The summed E-state index contributed by atoms with van der Waals surface area (Å²) >= 11 is 0. The highest BCUT2D eigenvalue weighted by Gasteiger charge is 2.28. The zero-order valence-electron chi connectivity index (χ0n) is 12.4. The molecule has 5 heteroatoms. The lowest BCUT2D eigenvalue weighted by Gasteiger charge is -2.33. The van der Waals surface area contributed by atoms with Gasteiger partial charge in [0.05, 0.1) is 6.61 Å². The Bertz CT molecular complexity index is 322. The molecule has 0 unspecified atom stereocenters. The lowest BCUT2D eigenvalue weighted by Crippen LogP contribution is -2.43. The molecule has 1 saturated heterocycles. The smallest absolute Gasteiger partial charge is 0.410 e. The number of nitrogens with zero attached hydrogens (tertiary/aromatic N) is 1. The summed E-state index contributed by atoms with van der Waals surface area (Å²) in [6.07, 6.45) is 2.02. The second-order valence-electron chi connectivity index (χ2n) is 5.97. The van der Waals surface area contributed by atoms with Gasteiger partial charge in [0.15, 0.2) is 0 Å². The minimum Gasteiger partial charge on any atom is -0.465 e. The maximum atomic E-state index is 11.9. The van der Waals surface area contributed by atoms with E-state index in [2.05, 4.69) is 0 Å². The molecule has 0 spiro atoms. The first-order valence-corrected chi connectivity index (χ1v) is 6.95. The van der Waals surface area contributed by atoms with Crippen molar-refractivity contribution in [1.29, 1.82) is 0 Å². The van der Waals surface area contributed by atoms with Gasteiger partial charge in [-0.2, -0.15) is 0 Å². The molecule has 1 aliphatic heterocycles. The summed E-state index contributed by atoms with van der Waals surface area (Å²) in [5.74, 6) is 0.0335. The Hall–Kier alpha value is -1.26. The number of likely N-dealkylation sites (tertiary alicyclic amines) is 1. The first-order chi connectivity index (χ1) is 8.81. The number of esters is 1. The fraction of sp³-hybridized carbons (Fsp3) is 0.857. The molecule has 19 heavy (non-hydrogen) atoms. The van der Waals surface area contributed by atoms with Crippen LogP contribution in [0.2, 0.25) is 0 Å². The number of ether oxygens (including phenoxy) is 2. The fourth-order valence-corrected chi connectivity index (χ4v) is 2.01. The van der Waals surface area contributed by atoms with Gasteiger partial charge in [-0.15, -0.1) is 0 Å². The Kier molecular flexibility index (Phi) is 5.63. The highest BCUT2D eigenvalue weighted by atomic mass is 16.6. The third-order valence-corrected chi connectivity index (χ3v) is 2.94. The van der Waals surface area contributed by atoms with Gasteiger partial charge in [-0.1, -0.05) is 6.92 Å². The second kappa shape index (κ2) is 6.78. The third kappa shape index (κ3) is 5.94. The Morgan fingerprint density at radius 3 is 2.58 bits per heavy atom.